The van der Waals surface area contributed by atoms with Gasteiger partial charge in [-0.05, 0) is 259 Å². The van der Waals surface area contributed by atoms with Crippen molar-refractivity contribution in [2.45, 2.75) is 155 Å². The third kappa shape index (κ3) is 22.5. The van der Waals surface area contributed by atoms with Gasteiger partial charge < -0.3 is 0 Å². The predicted molar refractivity (Wildman–Crippen MR) is 646 cm³/mol. The van der Waals surface area contributed by atoms with Crippen LogP contribution in [-0.4, -0.2) is 0 Å². The summed E-state index contributed by atoms with van der Waals surface area (Å²) in [5.41, 5.74) is 49.6. The molecule has 0 N–H and O–H groups in total. The quantitative estimate of drug-likeness (QED) is 0.0335. The highest BCUT2D eigenvalue weighted by atomic mass is 14.4. The van der Waals surface area contributed by atoms with Gasteiger partial charge in [-0.1, -0.05) is 639 Å². The van der Waals surface area contributed by atoms with E-state index in [1.165, 1.54) is 251 Å². The first-order valence-corrected chi connectivity index (χ1v) is 55.5. The first-order valence-electron chi connectivity index (χ1n) is 55.5. The minimum absolute atomic E-state index is 1.05. The lowest BCUT2D eigenvalue weighted by Crippen LogP contribution is -2.02. The molecule has 0 fully saturated rings. The van der Waals surface area contributed by atoms with Crippen LogP contribution in [0.15, 0.2) is 510 Å². The van der Waals surface area contributed by atoms with E-state index in [0.29, 0.717) is 0 Å². The van der Waals surface area contributed by atoms with Gasteiger partial charge in [0.05, 0.1) is 0 Å². The zero-order valence-corrected chi connectivity index (χ0v) is 87.1. The van der Waals surface area contributed by atoms with Gasteiger partial charge in [-0.3, -0.25) is 0 Å². The van der Waals surface area contributed by atoms with Gasteiger partial charge in [0.1, 0.15) is 0 Å². The van der Waals surface area contributed by atoms with Crippen LogP contribution in [-0.2, 0) is 12.8 Å². The van der Waals surface area contributed by atoms with Crippen LogP contribution >= 0.6 is 0 Å². The molecule has 0 bridgehead atoms. The first kappa shape index (κ1) is 99.6. The van der Waals surface area contributed by atoms with E-state index in [0.717, 1.165) is 124 Å². The normalized spacial score (nSPS) is 11.3. The molecule has 734 valence electrons. The minimum Gasteiger partial charge on any atom is -0.0654 e. The van der Waals surface area contributed by atoms with E-state index in [1.54, 1.807) is 0 Å². The SMILES string of the molecule is CCCCCCCCCCCCc1ccc(-c2c(-c3ccccc3)c(-c3ccc(-c4ccc(-c5c(-c6ccccc6)c(-c6ccccc6)c(-c6ccccc6)c(-c6ccccc6)c5-c5ccccc5)cc4)cc3)c(-c3ccc(-c4ccc(-c5c(-c6ccccc6)c(-c6ccccc6)c(-c6ccccc6)c(-c6ccccc6)c5-c5ccccc5)cc4)cc3)c(-c3ccccc3)c2-c2ccc(CCCCCCCCCCCC)cc2)cc1. The summed E-state index contributed by atoms with van der Waals surface area (Å²) in [6, 6.07) is 192. The molecule has 0 heterocycles. The smallest absolute Gasteiger partial charge is 0.00139 e. The van der Waals surface area contributed by atoms with Crippen LogP contribution in [0.1, 0.15) is 153 Å². The lowest BCUT2D eigenvalue weighted by molar-refractivity contribution is 0.556. The molecular weight excluding hydrogens is 1800 g/mol. The van der Waals surface area contributed by atoms with E-state index in [9.17, 15) is 0 Å². The van der Waals surface area contributed by atoms with Crippen molar-refractivity contribution in [2.24, 2.45) is 0 Å². The second-order valence-electron chi connectivity index (χ2n) is 40.7. The van der Waals surface area contributed by atoms with E-state index in [4.69, 9.17) is 0 Å². The number of hydrogen-bond acceptors (Lipinski definition) is 0. The molecule has 0 atom stereocenters. The second-order valence-corrected chi connectivity index (χ2v) is 40.7. The fourth-order valence-corrected chi connectivity index (χ4v) is 23.3. The van der Waals surface area contributed by atoms with Crippen molar-refractivity contribution in [1.29, 1.82) is 0 Å². The molecule has 0 radical (unpaired) electrons. The monoisotopic (exact) mass is 1940 g/mol. The number of benzene rings is 21. The molecule has 0 aromatic heterocycles. The van der Waals surface area contributed by atoms with Crippen molar-refractivity contribution in [3.8, 4) is 223 Å². The fraction of sp³-hybridized carbons (Fsp3) is 0.160. The third-order valence-electron chi connectivity index (χ3n) is 30.7. The van der Waals surface area contributed by atoms with Crippen molar-refractivity contribution in [3.05, 3.63) is 521 Å². The molecule has 21 rings (SSSR count). The first-order chi connectivity index (χ1) is 74.5. The third-order valence-corrected chi connectivity index (χ3v) is 30.7. The largest absolute Gasteiger partial charge is 0.0654 e. The van der Waals surface area contributed by atoms with Crippen LogP contribution in [0.4, 0.5) is 0 Å². The Hall–Kier alpha value is -16.4. The van der Waals surface area contributed by atoms with E-state index in [-0.39, 0.29) is 0 Å². The highest BCUT2D eigenvalue weighted by Crippen LogP contribution is 2.61. The summed E-state index contributed by atoms with van der Waals surface area (Å²) >= 11 is 0. The van der Waals surface area contributed by atoms with Gasteiger partial charge in [0.25, 0.3) is 0 Å². The molecular formula is C150H134. The molecule has 0 nitrogen and oxygen atoms in total. The van der Waals surface area contributed by atoms with Gasteiger partial charge in [0, 0.05) is 0 Å². The van der Waals surface area contributed by atoms with Gasteiger partial charge in [-0.15, -0.1) is 0 Å². The van der Waals surface area contributed by atoms with Crippen molar-refractivity contribution in [3.63, 3.8) is 0 Å². The van der Waals surface area contributed by atoms with Crippen LogP contribution in [0.5, 0.6) is 0 Å². The maximum absolute atomic E-state index is 2.48. The standard InChI is InChI=1S/C150H134/c1-3-5-7-9-11-13-15-17-19-33-59-109-85-89-127(90-86-109)145-143(125-81-55-31-56-82-125)149(131-105-97-113(98-106-131)111-93-101-129(102-94-111)147-139(121-73-47-27-48-74-121)135(117-65-39-23-40-66-117)133(115-61-35-21-36-62-115)136(118-67-41-24-42-68-118)140(147)122-75-49-28-50-76-122)150(144(126-83-57-32-58-84-126)146(145)128-91-87-110(88-92-128)60-34-20-18-16-14-12-10-8-6-4-2)132-107-99-114(100-108-132)112-95-103-130(104-96-112)148-141(123-77-51-29-52-78-123)137(119-69-43-25-44-70-119)134(116-63-37-22-38-64-116)138(120-71-45-26-46-72-120)142(148)124-79-53-30-54-80-124/h21-32,35-58,61-108H,3-20,33-34,59-60H2,1-2H3. The number of aryl methyl sites for hydroxylation is 2. The van der Waals surface area contributed by atoms with Crippen LogP contribution in [0.25, 0.3) is 223 Å². The van der Waals surface area contributed by atoms with Crippen molar-refractivity contribution < 1.29 is 0 Å². The Kier molecular flexibility index (Phi) is 32.8. The maximum Gasteiger partial charge on any atom is -0.00139 e. The Morgan fingerprint density at radius 3 is 0.300 bits per heavy atom. The molecule has 0 unspecified atom stereocenters. The van der Waals surface area contributed by atoms with E-state index in [1.807, 2.05) is 0 Å². The number of hydrogen-bond donors (Lipinski definition) is 0. The summed E-state index contributed by atoms with van der Waals surface area (Å²) < 4.78 is 0. The number of unbranched alkanes of at least 4 members (excludes halogenated alkanes) is 18. The summed E-state index contributed by atoms with van der Waals surface area (Å²) in [6.45, 7) is 4.63. The highest BCUT2D eigenvalue weighted by Gasteiger charge is 2.35. The van der Waals surface area contributed by atoms with Gasteiger partial charge in [-0.25, -0.2) is 0 Å². The average molecular weight is 1940 g/mol. The van der Waals surface area contributed by atoms with Gasteiger partial charge in [0.15, 0.2) is 0 Å². The van der Waals surface area contributed by atoms with Crippen molar-refractivity contribution in [2.75, 3.05) is 0 Å². The Balaban J connectivity index is 0.756. The van der Waals surface area contributed by atoms with E-state index >= 15 is 0 Å². The molecule has 0 aliphatic heterocycles. The maximum atomic E-state index is 2.48. The summed E-state index contributed by atoms with van der Waals surface area (Å²) in [5.74, 6) is 0. The van der Waals surface area contributed by atoms with Crippen molar-refractivity contribution in [1.82, 2.24) is 0 Å². The van der Waals surface area contributed by atoms with Crippen LogP contribution < -0.4 is 0 Å². The lowest BCUT2D eigenvalue weighted by atomic mass is 9.73. The Morgan fingerprint density at radius 2 is 0.180 bits per heavy atom. The summed E-state index contributed by atoms with van der Waals surface area (Å²) in [6.07, 6.45) is 28.4. The second kappa shape index (κ2) is 49.4. The summed E-state index contributed by atoms with van der Waals surface area (Å²) in [4.78, 5) is 0. The fourth-order valence-electron chi connectivity index (χ4n) is 23.3. The zero-order chi connectivity index (χ0) is 101. The predicted octanol–water partition coefficient (Wildman–Crippen LogP) is 44.0. The van der Waals surface area contributed by atoms with E-state index < -0.39 is 0 Å². The topological polar surface area (TPSA) is 0 Å². The Morgan fingerprint density at radius 1 is 0.0867 bits per heavy atom. The molecule has 0 spiro atoms. The molecule has 0 aliphatic carbocycles. The Labute approximate surface area is 891 Å². The van der Waals surface area contributed by atoms with Gasteiger partial charge in [0.2, 0.25) is 0 Å². The van der Waals surface area contributed by atoms with Crippen molar-refractivity contribution >= 4 is 0 Å². The molecule has 21 aromatic carbocycles. The molecule has 0 aliphatic rings. The molecule has 150 heavy (non-hydrogen) atoms. The summed E-state index contributed by atoms with van der Waals surface area (Å²) in [5, 5.41) is 0. The zero-order valence-electron chi connectivity index (χ0n) is 87.1. The van der Waals surface area contributed by atoms with E-state index in [2.05, 4.69) is 523 Å². The van der Waals surface area contributed by atoms with Crippen LogP contribution in [0, 0.1) is 0 Å². The molecule has 0 saturated heterocycles. The molecule has 21 aromatic rings. The summed E-state index contributed by atoms with van der Waals surface area (Å²) in [7, 11) is 0. The number of rotatable bonds is 42. The van der Waals surface area contributed by atoms with Crippen LogP contribution in [0.2, 0.25) is 0 Å². The van der Waals surface area contributed by atoms with Crippen LogP contribution in [0.3, 0.4) is 0 Å². The Bertz CT molecular complexity index is 7230. The van der Waals surface area contributed by atoms with Gasteiger partial charge >= 0.3 is 0 Å². The average Bonchev–Trinajstić information content (AvgIpc) is 0.721. The minimum atomic E-state index is 1.05. The lowest BCUT2D eigenvalue weighted by Gasteiger charge is -2.29. The molecule has 0 amide bonds. The molecule has 0 saturated carbocycles. The highest BCUT2D eigenvalue weighted by molar-refractivity contribution is 6.19. The van der Waals surface area contributed by atoms with Gasteiger partial charge in [-0.2, -0.15) is 0 Å². The molecule has 0 heteroatoms.